The van der Waals surface area contributed by atoms with Crippen LogP contribution in [0.5, 0.6) is 0 Å². The van der Waals surface area contributed by atoms with Crippen LogP contribution in [0.2, 0.25) is 10.0 Å². The first kappa shape index (κ1) is 14.7. The number of nitrogens with two attached hydrogens (primary N) is 1. The second-order valence-electron chi connectivity index (χ2n) is 3.74. The Morgan fingerprint density at radius 2 is 1.85 bits per heavy atom. The second-order valence-corrected chi connectivity index (χ2v) is 4.56. The van der Waals surface area contributed by atoms with Gasteiger partial charge in [0.1, 0.15) is 5.02 Å². The molecule has 0 aliphatic heterocycles. The summed E-state index contributed by atoms with van der Waals surface area (Å²) >= 11 is 11.6. The Hall–Kier alpha value is -1.73. The molecule has 1 aromatic heterocycles. The van der Waals surface area contributed by atoms with E-state index in [1.165, 1.54) is 12.3 Å². The molecule has 0 amide bonds. The number of nitrogens with one attached hydrogen (secondary N) is 1. The fourth-order valence-electron chi connectivity index (χ4n) is 1.39. The van der Waals surface area contributed by atoms with Crippen LogP contribution in [0.1, 0.15) is 5.56 Å². The fraction of sp³-hybridized carbons (Fsp3) is 0.0909. The summed E-state index contributed by atoms with van der Waals surface area (Å²) < 4.78 is 37.5. The Labute approximate surface area is 121 Å². The molecular formula is C11H7Cl2F3N4. The molecule has 106 valence electrons. The SMILES string of the molecule is Nc1ncc(Cl)c(Nc2ccc(C(F)(F)F)cc2Cl)n1. The number of rotatable bonds is 2. The van der Waals surface area contributed by atoms with E-state index in [1.807, 2.05) is 0 Å². The zero-order valence-corrected chi connectivity index (χ0v) is 11.2. The van der Waals surface area contributed by atoms with E-state index in [4.69, 9.17) is 28.9 Å². The largest absolute Gasteiger partial charge is 0.416 e. The molecule has 0 atom stereocenters. The van der Waals surface area contributed by atoms with Crippen molar-refractivity contribution in [2.45, 2.75) is 6.18 Å². The van der Waals surface area contributed by atoms with Crippen molar-refractivity contribution in [3.8, 4) is 0 Å². The van der Waals surface area contributed by atoms with Crippen LogP contribution in [-0.2, 0) is 6.18 Å². The van der Waals surface area contributed by atoms with Crippen molar-refractivity contribution in [3.05, 3.63) is 40.0 Å². The smallest absolute Gasteiger partial charge is 0.368 e. The third kappa shape index (κ3) is 3.23. The summed E-state index contributed by atoms with van der Waals surface area (Å²) in [6.45, 7) is 0. The second kappa shape index (κ2) is 5.34. The van der Waals surface area contributed by atoms with Gasteiger partial charge in [-0.1, -0.05) is 23.2 Å². The zero-order chi connectivity index (χ0) is 14.9. The summed E-state index contributed by atoms with van der Waals surface area (Å²) in [4.78, 5) is 7.49. The Kier molecular flexibility index (Phi) is 3.92. The van der Waals surface area contributed by atoms with Gasteiger partial charge >= 0.3 is 6.18 Å². The van der Waals surface area contributed by atoms with Gasteiger partial charge in [0.2, 0.25) is 5.95 Å². The van der Waals surface area contributed by atoms with E-state index in [2.05, 4.69) is 15.3 Å². The quantitative estimate of drug-likeness (QED) is 0.872. The van der Waals surface area contributed by atoms with Crippen LogP contribution in [-0.4, -0.2) is 9.97 Å². The molecule has 0 radical (unpaired) electrons. The van der Waals surface area contributed by atoms with Crippen molar-refractivity contribution in [2.24, 2.45) is 0 Å². The molecule has 0 spiro atoms. The number of nitrogen functional groups attached to an aromatic ring is 1. The molecule has 0 bridgehead atoms. The van der Waals surface area contributed by atoms with Crippen LogP contribution in [0.4, 0.5) is 30.6 Å². The zero-order valence-electron chi connectivity index (χ0n) is 9.67. The number of aromatic nitrogens is 2. The number of hydrogen-bond donors (Lipinski definition) is 2. The van der Waals surface area contributed by atoms with E-state index < -0.39 is 11.7 Å². The topological polar surface area (TPSA) is 63.8 Å². The van der Waals surface area contributed by atoms with E-state index in [-0.39, 0.29) is 27.5 Å². The predicted octanol–water partition coefficient (Wildman–Crippen LogP) is 4.13. The molecule has 0 unspecified atom stereocenters. The van der Waals surface area contributed by atoms with Crippen LogP contribution in [0, 0.1) is 0 Å². The van der Waals surface area contributed by atoms with Gasteiger partial charge in [0.15, 0.2) is 5.82 Å². The van der Waals surface area contributed by atoms with Crippen molar-refractivity contribution in [3.63, 3.8) is 0 Å². The molecule has 9 heteroatoms. The van der Waals surface area contributed by atoms with Gasteiger partial charge in [0.05, 0.1) is 22.5 Å². The monoisotopic (exact) mass is 322 g/mol. The number of nitrogens with zero attached hydrogens (tertiary/aromatic N) is 2. The van der Waals surface area contributed by atoms with E-state index in [1.54, 1.807) is 0 Å². The summed E-state index contributed by atoms with van der Waals surface area (Å²) in [6.07, 6.45) is -3.19. The third-order valence-corrected chi connectivity index (χ3v) is 2.90. The minimum atomic E-state index is -4.46. The van der Waals surface area contributed by atoms with Crippen LogP contribution in [0.25, 0.3) is 0 Å². The van der Waals surface area contributed by atoms with Crippen molar-refractivity contribution in [1.29, 1.82) is 0 Å². The lowest BCUT2D eigenvalue weighted by Crippen LogP contribution is -2.05. The average Bonchev–Trinajstić information content (AvgIpc) is 2.35. The third-order valence-electron chi connectivity index (χ3n) is 2.31. The highest BCUT2D eigenvalue weighted by molar-refractivity contribution is 6.34. The molecule has 2 rings (SSSR count). The van der Waals surface area contributed by atoms with Crippen LogP contribution >= 0.6 is 23.2 Å². The lowest BCUT2D eigenvalue weighted by Gasteiger charge is -2.12. The maximum atomic E-state index is 12.5. The maximum absolute atomic E-state index is 12.5. The van der Waals surface area contributed by atoms with E-state index in [9.17, 15) is 13.2 Å². The Morgan fingerprint density at radius 3 is 2.45 bits per heavy atom. The van der Waals surface area contributed by atoms with Gasteiger partial charge in [-0.2, -0.15) is 18.2 Å². The Bertz CT molecular complexity index is 646. The number of anilines is 3. The summed E-state index contributed by atoms with van der Waals surface area (Å²) in [5, 5.41) is 2.74. The first-order valence-corrected chi connectivity index (χ1v) is 5.95. The predicted molar refractivity (Wildman–Crippen MR) is 71.2 cm³/mol. The highest BCUT2D eigenvalue weighted by Gasteiger charge is 2.30. The van der Waals surface area contributed by atoms with E-state index >= 15 is 0 Å². The van der Waals surface area contributed by atoms with Crippen LogP contribution in [0.15, 0.2) is 24.4 Å². The lowest BCUT2D eigenvalue weighted by atomic mass is 10.2. The molecule has 3 N–H and O–H groups in total. The van der Waals surface area contributed by atoms with Gasteiger partial charge in [0, 0.05) is 0 Å². The van der Waals surface area contributed by atoms with Crippen LogP contribution < -0.4 is 11.1 Å². The summed E-state index contributed by atoms with van der Waals surface area (Å²) in [5.41, 5.74) is 4.77. The highest BCUT2D eigenvalue weighted by Crippen LogP contribution is 2.35. The van der Waals surface area contributed by atoms with Crippen LogP contribution in [0.3, 0.4) is 0 Å². The Balaban J connectivity index is 2.33. The molecule has 0 aliphatic rings. The first-order chi connectivity index (χ1) is 9.27. The van der Waals surface area contributed by atoms with Gasteiger partial charge in [-0.25, -0.2) is 4.98 Å². The number of hydrogen-bond acceptors (Lipinski definition) is 4. The molecule has 0 saturated heterocycles. The molecule has 20 heavy (non-hydrogen) atoms. The summed E-state index contributed by atoms with van der Waals surface area (Å²) in [6, 6.07) is 2.88. The summed E-state index contributed by atoms with van der Waals surface area (Å²) in [5.74, 6) is 0.126. The fourth-order valence-corrected chi connectivity index (χ4v) is 1.75. The van der Waals surface area contributed by atoms with Gasteiger partial charge in [-0.3, -0.25) is 0 Å². The highest BCUT2D eigenvalue weighted by atomic mass is 35.5. The number of halogens is 5. The van der Waals surface area contributed by atoms with Gasteiger partial charge in [0.25, 0.3) is 0 Å². The Morgan fingerprint density at radius 1 is 1.15 bits per heavy atom. The standard InChI is InChI=1S/C11H7Cl2F3N4/c12-6-3-5(11(14,15)16)1-2-8(6)19-9-7(13)4-18-10(17)20-9/h1-4H,(H3,17,18,19,20). The minimum Gasteiger partial charge on any atom is -0.368 e. The molecule has 4 nitrogen and oxygen atoms in total. The molecule has 0 fully saturated rings. The molecule has 2 aromatic rings. The van der Waals surface area contributed by atoms with E-state index in [0.29, 0.717) is 0 Å². The van der Waals surface area contributed by atoms with E-state index in [0.717, 1.165) is 12.1 Å². The number of alkyl halides is 3. The summed E-state index contributed by atoms with van der Waals surface area (Å²) in [7, 11) is 0. The molecule has 1 heterocycles. The van der Waals surface area contributed by atoms with Gasteiger partial charge in [-0.05, 0) is 18.2 Å². The maximum Gasteiger partial charge on any atom is 0.416 e. The molecular weight excluding hydrogens is 316 g/mol. The molecule has 1 aromatic carbocycles. The van der Waals surface area contributed by atoms with Gasteiger partial charge < -0.3 is 11.1 Å². The molecule has 0 saturated carbocycles. The molecule has 0 aliphatic carbocycles. The van der Waals surface area contributed by atoms with Crippen molar-refractivity contribution < 1.29 is 13.2 Å². The van der Waals surface area contributed by atoms with Crippen molar-refractivity contribution >= 4 is 40.7 Å². The lowest BCUT2D eigenvalue weighted by molar-refractivity contribution is -0.137. The average molecular weight is 323 g/mol. The normalized spacial score (nSPS) is 11.4. The number of benzene rings is 1. The first-order valence-electron chi connectivity index (χ1n) is 5.19. The van der Waals surface area contributed by atoms with Gasteiger partial charge in [-0.15, -0.1) is 0 Å². The van der Waals surface area contributed by atoms with Crippen molar-refractivity contribution in [1.82, 2.24) is 9.97 Å². The minimum absolute atomic E-state index is 0.0278. The van der Waals surface area contributed by atoms with Crippen molar-refractivity contribution in [2.75, 3.05) is 11.1 Å².